The molecule has 0 radical (unpaired) electrons. The van der Waals surface area contributed by atoms with Gasteiger partial charge in [-0.3, -0.25) is 10.00 Å². The van der Waals surface area contributed by atoms with E-state index in [2.05, 4.69) is 22.7 Å². The SMILES string of the molecule is CCCc1cc(NC(=O)NCC(O)c2ccsc2)n(C)n1. The molecule has 0 bridgehead atoms. The van der Waals surface area contributed by atoms with E-state index in [1.165, 1.54) is 11.3 Å². The maximum atomic E-state index is 11.8. The quantitative estimate of drug-likeness (QED) is 0.766. The van der Waals surface area contributed by atoms with Crippen LogP contribution in [0.3, 0.4) is 0 Å². The maximum absolute atomic E-state index is 11.8. The Kier molecular flexibility index (Phi) is 5.35. The zero-order valence-corrected chi connectivity index (χ0v) is 13.0. The predicted molar refractivity (Wildman–Crippen MR) is 83.5 cm³/mol. The Balaban J connectivity index is 1.84. The van der Waals surface area contributed by atoms with Crippen molar-refractivity contribution >= 4 is 23.2 Å². The van der Waals surface area contributed by atoms with Gasteiger partial charge in [-0.15, -0.1) is 0 Å². The number of urea groups is 1. The van der Waals surface area contributed by atoms with E-state index in [1.807, 2.05) is 22.9 Å². The molecule has 0 spiro atoms. The lowest BCUT2D eigenvalue weighted by Crippen LogP contribution is -2.32. The average molecular weight is 308 g/mol. The Morgan fingerprint density at radius 1 is 1.57 bits per heavy atom. The summed E-state index contributed by atoms with van der Waals surface area (Å²) in [4.78, 5) is 11.8. The lowest BCUT2D eigenvalue weighted by Gasteiger charge is -2.11. The number of hydrogen-bond acceptors (Lipinski definition) is 4. The van der Waals surface area contributed by atoms with Crippen molar-refractivity contribution in [3.05, 3.63) is 34.2 Å². The van der Waals surface area contributed by atoms with Gasteiger partial charge in [0, 0.05) is 19.7 Å². The molecule has 7 heteroatoms. The van der Waals surface area contributed by atoms with E-state index in [4.69, 9.17) is 0 Å². The monoisotopic (exact) mass is 308 g/mol. The highest BCUT2D eigenvalue weighted by Crippen LogP contribution is 2.15. The van der Waals surface area contributed by atoms with E-state index in [0.29, 0.717) is 5.82 Å². The minimum Gasteiger partial charge on any atom is -0.387 e. The zero-order valence-electron chi connectivity index (χ0n) is 12.2. The Hall–Kier alpha value is -1.86. The van der Waals surface area contributed by atoms with Crippen molar-refractivity contribution in [2.24, 2.45) is 7.05 Å². The summed E-state index contributed by atoms with van der Waals surface area (Å²) in [7, 11) is 1.79. The van der Waals surface area contributed by atoms with Crippen molar-refractivity contribution in [2.45, 2.75) is 25.9 Å². The van der Waals surface area contributed by atoms with E-state index < -0.39 is 6.10 Å². The fraction of sp³-hybridized carbons (Fsp3) is 0.429. The van der Waals surface area contributed by atoms with Crippen molar-refractivity contribution in [1.29, 1.82) is 0 Å². The van der Waals surface area contributed by atoms with Crippen LogP contribution in [0.15, 0.2) is 22.9 Å². The van der Waals surface area contributed by atoms with E-state index in [9.17, 15) is 9.90 Å². The van der Waals surface area contributed by atoms with Gasteiger partial charge in [0.15, 0.2) is 0 Å². The molecule has 0 fully saturated rings. The molecule has 0 aromatic carbocycles. The molecule has 0 saturated carbocycles. The second-order valence-electron chi connectivity index (χ2n) is 4.80. The van der Waals surface area contributed by atoms with Crippen molar-refractivity contribution in [2.75, 3.05) is 11.9 Å². The molecule has 0 saturated heterocycles. The molecule has 0 aliphatic heterocycles. The number of aryl methyl sites for hydroxylation is 2. The van der Waals surface area contributed by atoms with Gasteiger partial charge in [-0.2, -0.15) is 16.4 Å². The van der Waals surface area contributed by atoms with Gasteiger partial charge in [0.2, 0.25) is 0 Å². The molecule has 0 aliphatic rings. The molecule has 2 amide bonds. The van der Waals surface area contributed by atoms with Crippen LogP contribution in [0.4, 0.5) is 10.6 Å². The minimum atomic E-state index is -0.691. The van der Waals surface area contributed by atoms with Crippen molar-refractivity contribution < 1.29 is 9.90 Å². The molecule has 2 heterocycles. The van der Waals surface area contributed by atoms with Crippen LogP contribution in [0.5, 0.6) is 0 Å². The summed E-state index contributed by atoms with van der Waals surface area (Å²) in [6.45, 7) is 2.25. The average Bonchev–Trinajstić information content (AvgIpc) is 3.08. The first-order chi connectivity index (χ1) is 10.1. The van der Waals surface area contributed by atoms with Gasteiger partial charge in [0.25, 0.3) is 0 Å². The van der Waals surface area contributed by atoms with Gasteiger partial charge in [0.05, 0.1) is 11.8 Å². The molecule has 114 valence electrons. The molecule has 6 nitrogen and oxygen atoms in total. The van der Waals surface area contributed by atoms with Crippen molar-refractivity contribution in [3.63, 3.8) is 0 Å². The van der Waals surface area contributed by atoms with Crippen LogP contribution >= 0.6 is 11.3 Å². The number of rotatable bonds is 6. The number of carbonyl (C=O) groups is 1. The lowest BCUT2D eigenvalue weighted by atomic mass is 10.2. The molecule has 1 unspecified atom stereocenters. The van der Waals surface area contributed by atoms with Gasteiger partial charge in [-0.25, -0.2) is 4.79 Å². The standard InChI is InChI=1S/C14H20N4O2S/c1-3-4-11-7-13(18(2)17-11)16-14(20)15-8-12(19)10-5-6-21-9-10/h5-7,9,12,19H,3-4,8H2,1-2H3,(H2,15,16,20). The summed E-state index contributed by atoms with van der Waals surface area (Å²) in [5, 5.41) is 23.4. The first-order valence-corrected chi connectivity index (χ1v) is 7.82. The molecule has 2 aromatic heterocycles. The topological polar surface area (TPSA) is 79.2 Å². The van der Waals surface area contributed by atoms with Crippen LogP contribution in [-0.2, 0) is 13.5 Å². The van der Waals surface area contributed by atoms with Crippen LogP contribution in [0.2, 0.25) is 0 Å². The number of carbonyl (C=O) groups excluding carboxylic acids is 1. The molecule has 21 heavy (non-hydrogen) atoms. The van der Waals surface area contributed by atoms with Gasteiger partial charge in [-0.05, 0) is 28.8 Å². The Morgan fingerprint density at radius 3 is 3.05 bits per heavy atom. The zero-order chi connectivity index (χ0) is 15.2. The lowest BCUT2D eigenvalue weighted by molar-refractivity contribution is 0.175. The Morgan fingerprint density at radius 2 is 2.38 bits per heavy atom. The third-order valence-corrected chi connectivity index (χ3v) is 3.76. The van der Waals surface area contributed by atoms with Crippen LogP contribution in [-0.4, -0.2) is 27.5 Å². The maximum Gasteiger partial charge on any atom is 0.320 e. The highest BCUT2D eigenvalue weighted by Gasteiger charge is 2.11. The molecular weight excluding hydrogens is 288 g/mol. The first-order valence-electron chi connectivity index (χ1n) is 6.88. The third kappa shape index (κ3) is 4.30. The fourth-order valence-electron chi connectivity index (χ4n) is 1.95. The smallest absolute Gasteiger partial charge is 0.320 e. The largest absolute Gasteiger partial charge is 0.387 e. The van der Waals surface area contributed by atoms with Crippen molar-refractivity contribution in [1.82, 2.24) is 15.1 Å². The molecule has 2 rings (SSSR count). The number of amides is 2. The van der Waals surface area contributed by atoms with Gasteiger partial charge in [0.1, 0.15) is 5.82 Å². The predicted octanol–water partition coefficient (Wildman–Crippen LogP) is 2.29. The van der Waals surface area contributed by atoms with Crippen LogP contribution < -0.4 is 10.6 Å². The van der Waals surface area contributed by atoms with Gasteiger partial charge in [-0.1, -0.05) is 13.3 Å². The second kappa shape index (κ2) is 7.24. The minimum absolute atomic E-state index is 0.169. The number of aromatic nitrogens is 2. The molecule has 3 N–H and O–H groups in total. The third-order valence-electron chi connectivity index (χ3n) is 3.06. The van der Waals surface area contributed by atoms with Gasteiger partial charge >= 0.3 is 6.03 Å². The normalized spacial score (nSPS) is 12.1. The number of anilines is 1. The molecule has 1 atom stereocenters. The van der Waals surface area contributed by atoms with Gasteiger partial charge < -0.3 is 10.4 Å². The summed E-state index contributed by atoms with van der Waals surface area (Å²) in [6.07, 6.45) is 1.20. The highest BCUT2D eigenvalue weighted by atomic mass is 32.1. The van der Waals surface area contributed by atoms with Crippen LogP contribution in [0.25, 0.3) is 0 Å². The Labute approximate surface area is 127 Å². The Bertz CT molecular complexity index is 580. The number of nitrogens with one attached hydrogen (secondary N) is 2. The number of aliphatic hydroxyl groups is 1. The van der Waals surface area contributed by atoms with E-state index in [1.54, 1.807) is 11.7 Å². The summed E-state index contributed by atoms with van der Waals surface area (Å²) in [6, 6.07) is 3.35. The van der Waals surface area contributed by atoms with E-state index >= 15 is 0 Å². The van der Waals surface area contributed by atoms with E-state index in [-0.39, 0.29) is 12.6 Å². The molecular formula is C14H20N4O2S. The summed E-state index contributed by atoms with van der Waals surface area (Å²) < 4.78 is 1.64. The van der Waals surface area contributed by atoms with Crippen LogP contribution in [0.1, 0.15) is 30.7 Å². The second-order valence-corrected chi connectivity index (χ2v) is 5.58. The summed E-state index contributed by atoms with van der Waals surface area (Å²) in [5.41, 5.74) is 1.76. The summed E-state index contributed by atoms with van der Waals surface area (Å²) in [5.74, 6) is 0.640. The molecule has 2 aromatic rings. The summed E-state index contributed by atoms with van der Waals surface area (Å²) >= 11 is 1.51. The fourth-order valence-corrected chi connectivity index (χ4v) is 2.66. The molecule has 0 aliphatic carbocycles. The van der Waals surface area contributed by atoms with Crippen molar-refractivity contribution in [3.8, 4) is 0 Å². The highest BCUT2D eigenvalue weighted by molar-refractivity contribution is 7.07. The number of nitrogens with zero attached hydrogens (tertiary/aromatic N) is 2. The number of thiophene rings is 1. The first kappa shape index (κ1) is 15.5. The van der Waals surface area contributed by atoms with Crippen LogP contribution in [0, 0.1) is 0 Å². The van der Waals surface area contributed by atoms with E-state index in [0.717, 1.165) is 24.1 Å². The number of aliphatic hydroxyl groups excluding tert-OH is 1. The number of hydrogen-bond donors (Lipinski definition) is 3.